The lowest BCUT2D eigenvalue weighted by Crippen LogP contribution is -2.43. The Labute approximate surface area is 108 Å². The van der Waals surface area contributed by atoms with Crippen molar-refractivity contribution in [3.63, 3.8) is 0 Å². The fourth-order valence-electron chi connectivity index (χ4n) is 1.89. The van der Waals surface area contributed by atoms with Crippen LogP contribution in [0.3, 0.4) is 0 Å². The highest BCUT2D eigenvalue weighted by Crippen LogP contribution is 2.16. The molecular weight excluding hydrogens is 228 g/mol. The van der Waals surface area contributed by atoms with Gasteiger partial charge in [0.1, 0.15) is 6.04 Å². The van der Waals surface area contributed by atoms with Crippen molar-refractivity contribution in [2.24, 2.45) is 5.73 Å². The molecule has 1 aromatic rings. The van der Waals surface area contributed by atoms with Gasteiger partial charge in [0.15, 0.2) is 0 Å². The largest absolute Gasteiger partial charge is 0.394 e. The zero-order valence-corrected chi connectivity index (χ0v) is 11.5. The second-order valence-corrected chi connectivity index (χ2v) is 4.85. The van der Waals surface area contributed by atoms with Gasteiger partial charge in [0.25, 0.3) is 0 Å². The van der Waals surface area contributed by atoms with Crippen molar-refractivity contribution in [3.8, 4) is 0 Å². The highest BCUT2D eigenvalue weighted by Gasteiger charge is 2.17. The van der Waals surface area contributed by atoms with E-state index in [1.54, 1.807) is 11.9 Å². The molecule has 18 heavy (non-hydrogen) atoms. The number of benzene rings is 1. The average Bonchev–Trinajstić information content (AvgIpc) is 2.33. The van der Waals surface area contributed by atoms with Gasteiger partial charge in [-0.1, -0.05) is 12.1 Å². The average molecular weight is 250 g/mol. The summed E-state index contributed by atoms with van der Waals surface area (Å²) in [4.78, 5) is 13.3. The summed E-state index contributed by atoms with van der Waals surface area (Å²) < 4.78 is 0. The van der Waals surface area contributed by atoms with E-state index < -0.39 is 6.04 Å². The molecule has 100 valence electrons. The molecule has 0 fully saturated rings. The third-order valence-corrected chi connectivity index (χ3v) is 3.25. The lowest BCUT2D eigenvalue weighted by molar-refractivity contribution is -0.132. The van der Waals surface area contributed by atoms with Crippen LogP contribution in [0.5, 0.6) is 0 Å². The predicted octanol–water partition coefficient (Wildman–Crippen LogP) is 0.890. The molecular formula is C14H22N2O2. The second-order valence-electron chi connectivity index (χ2n) is 4.85. The Kier molecular flexibility index (Phi) is 4.87. The molecule has 0 radical (unpaired) electrons. The minimum atomic E-state index is -0.832. The first-order chi connectivity index (χ1) is 8.36. The van der Waals surface area contributed by atoms with Crippen LogP contribution in [0.1, 0.15) is 22.3 Å². The van der Waals surface area contributed by atoms with E-state index in [1.807, 2.05) is 6.92 Å². The number of hydrogen-bond donors (Lipinski definition) is 2. The summed E-state index contributed by atoms with van der Waals surface area (Å²) in [5.74, 6) is -0.241. The van der Waals surface area contributed by atoms with Crippen LogP contribution in [-0.4, -0.2) is 35.6 Å². The van der Waals surface area contributed by atoms with Crippen LogP contribution < -0.4 is 5.73 Å². The number of carbonyl (C=O) groups excluding carboxylic acids is 1. The number of rotatable bonds is 4. The van der Waals surface area contributed by atoms with Gasteiger partial charge in [0.05, 0.1) is 6.61 Å². The molecule has 4 heteroatoms. The summed E-state index contributed by atoms with van der Waals surface area (Å²) in [7, 11) is 1.70. The van der Waals surface area contributed by atoms with Gasteiger partial charge in [0, 0.05) is 13.6 Å². The summed E-state index contributed by atoms with van der Waals surface area (Å²) in [5.41, 5.74) is 10.3. The van der Waals surface area contributed by atoms with Gasteiger partial charge in [-0.25, -0.2) is 0 Å². The number of nitrogens with zero attached hydrogens (tertiary/aromatic N) is 1. The van der Waals surface area contributed by atoms with E-state index in [4.69, 9.17) is 10.8 Å². The molecule has 0 heterocycles. The maximum Gasteiger partial charge on any atom is 0.241 e. The number of amides is 1. The van der Waals surface area contributed by atoms with Gasteiger partial charge in [-0.2, -0.15) is 0 Å². The number of hydrogen-bond acceptors (Lipinski definition) is 3. The van der Waals surface area contributed by atoms with Gasteiger partial charge < -0.3 is 15.7 Å². The number of aliphatic hydroxyl groups excluding tert-OH is 1. The van der Waals surface area contributed by atoms with Crippen LogP contribution in [0.15, 0.2) is 12.1 Å². The van der Waals surface area contributed by atoms with Crippen LogP contribution in [-0.2, 0) is 11.3 Å². The van der Waals surface area contributed by atoms with E-state index in [0.717, 1.165) is 11.1 Å². The topological polar surface area (TPSA) is 66.6 Å². The van der Waals surface area contributed by atoms with Crippen molar-refractivity contribution in [1.29, 1.82) is 0 Å². The Morgan fingerprint density at radius 1 is 1.28 bits per heavy atom. The van der Waals surface area contributed by atoms with Crippen molar-refractivity contribution in [2.75, 3.05) is 13.7 Å². The standard InChI is InChI=1S/C14H22N2O2/c1-9-5-11(3)12(6-10(9)2)7-16(4)14(18)13(15)8-17/h5-6,13,17H,7-8,15H2,1-4H3. The highest BCUT2D eigenvalue weighted by molar-refractivity contribution is 5.81. The van der Waals surface area contributed by atoms with Crippen LogP contribution in [0.4, 0.5) is 0 Å². The van der Waals surface area contributed by atoms with Crippen molar-refractivity contribution < 1.29 is 9.90 Å². The maximum absolute atomic E-state index is 11.8. The first-order valence-electron chi connectivity index (χ1n) is 6.05. The van der Waals surface area contributed by atoms with E-state index in [2.05, 4.69) is 26.0 Å². The first kappa shape index (κ1) is 14.7. The summed E-state index contributed by atoms with van der Waals surface area (Å²) in [5, 5.41) is 8.88. The van der Waals surface area contributed by atoms with Crippen molar-refractivity contribution in [2.45, 2.75) is 33.4 Å². The summed E-state index contributed by atoms with van der Waals surface area (Å²) in [6.45, 7) is 6.35. The molecule has 1 rings (SSSR count). The number of aryl methyl sites for hydroxylation is 3. The highest BCUT2D eigenvalue weighted by atomic mass is 16.3. The van der Waals surface area contributed by atoms with Crippen molar-refractivity contribution in [1.82, 2.24) is 4.90 Å². The molecule has 0 aromatic heterocycles. The van der Waals surface area contributed by atoms with Gasteiger partial charge in [-0.3, -0.25) is 4.79 Å². The van der Waals surface area contributed by atoms with Gasteiger partial charge >= 0.3 is 0 Å². The molecule has 0 spiro atoms. The quantitative estimate of drug-likeness (QED) is 0.834. The smallest absolute Gasteiger partial charge is 0.241 e. The summed E-state index contributed by atoms with van der Waals surface area (Å²) >= 11 is 0. The fourth-order valence-corrected chi connectivity index (χ4v) is 1.89. The second kappa shape index (κ2) is 5.98. The maximum atomic E-state index is 11.8. The Morgan fingerprint density at radius 2 is 1.83 bits per heavy atom. The monoisotopic (exact) mass is 250 g/mol. The molecule has 1 amide bonds. The third kappa shape index (κ3) is 3.31. The number of likely N-dealkylation sites (N-methyl/N-ethyl adjacent to an activating group) is 1. The lowest BCUT2D eigenvalue weighted by Gasteiger charge is -2.22. The number of nitrogens with two attached hydrogens (primary N) is 1. The molecule has 0 saturated heterocycles. The Balaban J connectivity index is 2.85. The van der Waals surface area contributed by atoms with E-state index in [-0.39, 0.29) is 12.5 Å². The predicted molar refractivity (Wildman–Crippen MR) is 72.2 cm³/mol. The molecule has 0 bridgehead atoms. The zero-order valence-electron chi connectivity index (χ0n) is 11.5. The van der Waals surface area contributed by atoms with E-state index in [0.29, 0.717) is 6.54 Å². The van der Waals surface area contributed by atoms with E-state index >= 15 is 0 Å². The van der Waals surface area contributed by atoms with Crippen molar-refractivity contribution in [3.05, 3.63) is 34.4 Å². The number of carbonyl (C=O) groups is 1. The SMILES string of the molecule is Cc1cc(C)c(CN(C)C(=O)C(N)CO)cc1C. The molecule has 4 nitrogen and oxygen atoms in total. The Bertz CT molecular complexity index is 444. The Morgan fingerprint density at radius 3 is 2.39 bits per heavy atom. The molecule has 3 N–H and O–H groups in total. The lowest BCUT2D eigenvalue weighted by atomic mass is 10.0. The first-order valence-corrected chi connectivity index (χ1v) is 6.05. The Hall–Kier alpha value is -1.39. The molecule has 1 atom stereocenters. The van der Waals surface area contributed by atoms with Crippen LogP contribution >= 0.6 is 0 Å². The normalized spacial score (nSPS) is 12.3. The molecule has 0 aliphatic heterocycles. The molecule has 1 unspecified atom stereocenters. The van der Waals surface area contributed by atoms with Crippen LogP contribution in [0.2, 0.25) is 0 Å². The van der Waals surface area contributed by atoms with Gasteiger partial charge in [-0.15, -0.1) is 0 Å². The minimum absolute atomic E-state index is 0.241. The molecule has 0 aliphatic rings. The summed E-state index contributed by atoms with van der Waals surface area (Å²) in [6, 6.07) is 3.38. The summed E-state index contributed by atoms with van der Waals surface area (Å²) in [6.07, 6.45) is 0. The minimum Gasteiger partial charge on any atom is -0.394 e. The van der Waals surface area contributed by atoms with E-state index in [1.165, 1.54) is 11.1 Å². The molecule has 0 saturated carbocycles. The molecule has 1 aromatic carbocycles. The van der Waals surface area contributed by atoms with Gasteiger partial charge in [0.2, 0.25) is 5.91 Å². The van der Waals surface area contributed by atoms with E-state index in [9.17, 15) is 4.79 Å². The zero-order chi connectivity index (χ0) is 13.9. The third-order valence-electron chi connectivity index (χ3n) is 3.25. The van der Waals surface area contributed by atoms with Gasteiger partial charge in [-0.05, 0) is 43.0 Å². The van der Waals surface area contributed by atoms with Crippen LogP contribution in [0, 0.1) is 20.8 Å². The fraction of sp³-hybridized carbons (Fsp3) is 0.500. The number of aliphatic hydroxyl groups is 1. The van der Waals surface area contributed by atoms with Crippen molar-refractivity contribution >= 4 is 5.91 Å². The van der Waals surface area contributed by atoms with Crippen LogP contribution in [0.25, 0.3) is 0 Å². The molecule has 0 aliphatic carbocycles.